The van der Waals surface area contributed by atoms with Crippen LogP contribution in [-0.2, 0) is 30.2 Å². The molecule has 0 aliphatic rings. The highest BCUT2D eigenvalue weighted by atomic mass is 32.2. The van der Waals surface area contributed by atoms with Gasteiger partial charge in [-0.05, 0) is 31.5 Å². The zero-order valence-electron chi connectivity index (χ0n) is 16.7. The van der Waals surface area contributed by atoms with E-state index in [4.69, 9.17) is 0 Å². The van der Waals surface area contributed by atoms with Gasteiger partial charge in [-0.25, -0.2) is 12.7 Å². The number of hydrogen-bond donors (Lipinski definition) is 2. The molecule has 1 aromatic heterocycles. The summed E-state index contributed by atoms with van der Waals surface area (Å²) in [6.45, 7) is 5.19. The first-order valence-electron chi connectivity index (χ1n) is 8.62. The third-order valence-electron chi connectivity index (χ3n) is 4.48. The molecule has 0 aliphatic carbocycles. The molecule has 8 nitrogen and oxygen atoms in total. The third kappa shape index (κ3) is 4.86. The van der Waals surface area contributed by atoms with Crippen LogP contribution >= 0.6 is 0 Å². The van der Waals surface area contributed by atoms with Crippen molar-refractivity contribution in [2.75, 3.05) is 21.1 Å². The minimum Gasteiger partial charge on any atom is -0.352 e. The molecule has 0 spiro atoms. The average molecular weight is 393 g/mol. The summed E-state index contributed by atoms with van der Waals surface area (Å²) in [5.74, 6) is 0.669. The average Bonchev–Trinajstić information content (AvgIpc) is 2.87. The van der Waals surface area contributed by atoms with E-state index in [-0.39, 0.29) is 4.90 Å². The van der Waals surface area contributed by atoms with Crippen molar-refractivity contribution in [2.45, 2.75) is 31.8 Å². The molecule has 0 bridgehead atoms. The Morgan fingerprint density at radius 3 is 2.22 bits per heavy atom. The number of nitrogens with zero attached hydrogens (tertiary/aromatic N) is 4. The summed E-state index contributed by atoms with van der Waals surface area (Å²) in [6.07, 6.45) is 0. The van der Waals surface area contributed by atoms with Crippen LogP contribution in [0.5, 0.6) is 0 Å². The van der Waals surface area contributed by atoms with Crippen molar-refractivity contribution in [1.82, 2.24) is 24.7 Å². The second kappa shape index (κ2) is 8.53. The van der Waals surface area contributed by atoms with Crippen LogP contribution in [0.2, 0.25) is 0 Å². The summed E-state index contributed by atoms with van der Waals surface area (Å²) in [6, 6.07) is 6.83. The Bertz CT molecular complexity index is 914. The van der Waals surface area contributed by atoms with Gasteiger partial charge in [-0.1, -0.05) is 12.1 Å². The number of aliphatic imine (C=N–C) groups is 1. The lowest BCUT2D eigenvalue weighted by Crippen LogP contribution is -2.36. The van der Waals surface area contributed by atoms with Gasteiger partial charge in [0, 0.05) is 52.5 Å². The zero-order chi connectivity index (χ0) is 20.2. The second-order valence-corrected chi connectivity index (χ2v) is 8.64. The smallest absolute Gasteiger partial charge is 0.242 e. The first-order valence-corrected chi connectivity index (χ1v) is 10.1. The van der Waals surface area contributed by atoms with Crippen LogP contribution in [0.15, 0.2) is 34.2 Å². The maximum Gasteiger partial charge on any atom is 0.242 e. The molecule has 2 aromatic rings. The molecule has 2 rings (SSSR count). The number of aromatic nitrogens is 2. The minimum absolute atomic E-state index is 0.279. The number of benzene rings is 1. The van der Waals surface area contributed by atoms with E-state index in [9.17, 15) is 8.42 Å². The molecule has 0 atom stereocenters. The number of hydrogen-bond acceptors (Lipinski definition) is 4. The monoisotopic (exact) mass is 392 g/mol. The van der Waals surface area contributed by atoms with Crippen LogP contribution in [0.4, 0.5) is 0 Å². The van der Waals surface area contributed by atoms with Crippen molar-refractivity contribution in [3.63, 3.8) is 0 Å². The Morgan fingerprint density at radius 2 is 1.74 bits per heavy atom. The highest BCUT2D eigenvalue weighted by molar-refractivity contribution is 7.89. The van der Waals surface area contributed by atoms with E-state index >= 15 is 0 Å². The van der Waals surface area contributed by atoms with Gasteiger partial charge in [0.25, 0.3) is 0 Å². The first kappa shape index (κ1) is 20.9. The molecule has 2 N–H and O–H groups in total. The van der Waals surface area contributed by atoms with Crippen molar-refractivity contribution < 1.29 is 8.42 Å². The van der Waals surface area contributed by atoms with E-state index < -0.39 is 10.0 Å². The van der Waals surface area contributed by atoms with E-state index in [0.717, 1.165) is 22.5 Å². The topological polar surface area (TPSA) is 91.6 Å². The van der Waals surface area contributed by atoms with Gasteiger partial charge in [0.05, 0.1) is 10.6 Å². The van der Waals surface area contributed by atoms with Crippen molar-refractivity contribution in [1.29, 1.82) is 0 Å². The van der Waals surface area contributed by atoms with Crippen molar-refractivity contribution in [2.24, 2.45) is 12.0 Å². The number of nitrogens with one attached hydrogen (secondary N) is 2. The highest BCUT2D eigenvalue weighted by Gasteiger charge is 2.16. The predicted molar refractivity (Wildman–Crippen MR) is 107 cm³/mol. The molecular formula is C18H28N6O2S. The predicted octanol–water partition coefficient (Wildman–Crippen LogP) is 1.15. The van der Waals surface area contributed by atoms with Gasteiger partial charge in [-0.3, -0.25) is 9.67 Å². The SMILES string of the molecule is CN=C(NCc1ccc(S(=O)(=O)N(C)C)cc1)NCc1c(C)nn(C)c1C. The fourth-order valence-electron chi connectivity index (χ4n) is 2.64. The molecule has 0 saturated heterocycles. The molecule has 148 valence electrons. The van der Waals surface area contributed by atoms with Gasteiger partial charge < -0.3 is 10.6 Å². The van der Waals surface area contributed by atoms with Gasteiger partial charge in [0.15, 0.2) is 5.96 Å². The van der Waals surface area contributed by atoms with E-state index in [1.807, 2.05) is 25.6 Å². The molecule has 1 aromatic carbocycles. The quantitative estimate of drug-likeness (QED) is 0.568. The van der Waals surface area contributed by atoms with Crippen LogP contribution in [-0.4, -0.2) is 49.6 Å². The molecule has 0 saturated carbocycles. The van der Waals surface area contributed by atoms with Crippen LogP contribution in [0.1, 0.15) is 22.5 Å². The standard InChI is InChI=1S/C18H28N6O2S/c1-13-17(14(2)24(6)22-13)12-21-18(19-3)20-11-15-7-9-16(10-8-15)27(25,26)23(4)5/h7-10H,11-12H2,1-6H3,(H2,19,20,21). The van der Waals surface area contributed by atoms with E-state index in [0.29, 0.717) is 19.0 Å². The van der Waals surface area contributed by atoms with Gasteiger partial charge >= 0.3 is 0 Å². The zero-order valence-corrected chi connectivity index (χ0v) is 17.6. The van der Waals surface area contributed by atoms with Crippen LogP contribution in [0.3, 0.4) is 0 Å². The molecule has 9 heteroatoms. The summed E-state index contributed by atoms with van der Waals surface area (Å²) in [5.41, 5.74) is 4.23. The van der Waals surface area contributed by atoms with Crippen molar-refractivity contribution in [3.05, 3.63) is 46.8 Å². The van der Waals surface area contributed by atoms with Gasteiger partial charge in [-0.2, -0.15) is 5.10 Å². The molecule has 0 amide bonds. The van der Waals surface area contributed by atoms with Gasteiger partial charge in [0.2, 0.25) is 10.0 Å². The lowest BCUT2D eigenvalue weighted by molar-refractivity contribution is 0.520. The number of rotatable bonds is 6. The van der Waals surface area contributed by atoms with E-state index in [1.165, 1.54) is 18.4 Å². The summed E-state index contributed by atoms with van der Waals surface area (Å²) in [7, 11) is 3.28. The Labute approximate surface area is 161 Å². The molecule has 1 heterocycles. The molecule has 0 unspecified atom stereocenters. The van der Waals surface area contributed by atoms with Crippen LogP contribution in [0.25, 0.3) is 0 Å². The minimum atomic E-state index is -3.41. The van der Waals surface area contributed by atoms with E-state index in [2.05, 4.69) is 20.7 Å². The second-order valence-electron chi connectivity index (χ2n) is 6.48. The number of sulfonamides is 1. The maximum atomic E-state index is 12.1. The Morgan fingerprint density at radius 1 is 1.15 bits per heavy atom. The molecule has 0 aliphatic heterocycles. The first-order chi connectivity index (χ1) is 12.7. The fraction of sp³-hybridized carbons (Fsp3) is 0.444. The molecule has 0 radical (unpaired) electrons. The summed E-state index contributed by atoms with van der Waals surface area (Å²) in [4.78, 5) is 4.51. The normalized spacial score (nSPS) is 12.5. The summed E-state index contributed by atoms with van der Waals surface area (Å²) >= 11 is 0. The lowest BCUT2D eigenvalue weighted by atomic mass is 10.2. The Kier molecular flexibility index (Phi) is 6.61. The Hall–Kier alpha value is -2.39. The third-order valence-corrected chi connectivity index (χ3v) is 6.31. The maximum absolute atomic E-state index is 12.1. The fourth-order valence-corrected chi connectivity index (χ4v) is 3.54. The van der Waals surface area contributed by atoms with Crippen molar-refractivity contribution in [3.8, 4) is 0 Å². The van der Waals surface area contributed by atoms with Gasteiger partial charge in [0.1, 0.15) is 0 Å². The molecule has 27 heavy (non-hydrogen) atoms. The lowest BCUT2D eigenvalue weighted by Gasteiger charge is -2.14. The van der Waals surface area contributed by atoms with Crippen LogP contribution in [0, 0.1) is 13.8 Å². The highest BCUT2D eigenvalue weighted by Crippen LogP contribution is 2.14. The summed E-state index contributed by atoms with van der Waals surface area (Å²) in [5, 5.41) is 10.9. The molecular weight excluding hydrogens is 364 g/mol. The molecule has 0 fully saturated rings. The van der Waals surface area contributed by atoms with Gasteiger partial charge in [-0.15, -0.1) is 0 Å². The Balaban J connectivity index is 1.96. The van der Waals surface area contributed by atoms with Crippen molar-refractivity contribution >= 4 is 16.0 Å². The summed E-state index contributed by atoms with van der Waals surface area (Å²) < 4.78 is 27.3. The largest absolute Gasteiger partial charge is 0.352 e. The number of guanidine groups is 1. The van der Waals surface area contributed by atoms with Crippen LogP contribution < -0.4 is 10.6 Å². The number of aryl methyl sites for hydroxylation is 2. The van der Waals surface area contributed by atoms with E-state index in [1.54, 1.807) is 31.3 Å².